The normalized spacial score (nSPS) is 16.5. The van der Waals surface area contributed by atoms with Gasteiger partial charge in [0.15, 0.2) is 0 Å². The predicted molar refractivity (Wildman–Crippen MR) is 96.3 cm³/mol. The molecule has 1 aliphatic heterocycles. The Morgan fingerprint density at radius 3 is 2.38 bits per heavy atom. The third kappa shape index (κ3) is 2.73. The number of nitrogens with zero attached hydrogens (tertiary/aromatic N) is 3. The predicted octanol–water partition coefficient (Wildman–Crippen LogP) is 2.22. The Bertz CT molecular complexity index is 873. The zero-order chi connectivity index (χ0) is 17.4. The second-order valence-corrected chi connectivity index (χ2v) is 6.71. The molecule has 2 heterocycles. The Kier molecular flexibility index (Phi) is 4.45. The van der Waals surface area contributed by atoms with Crippen molar-refractivity contribution in [1.29, 1.82) is 0 Å². The van der Waals surface area contributed by atoms with Crippen LogP contribution in [0.15, 0.2) is 33.9 Å². The van der Waals surface area contributed by atoms with Crippen LogP contribution in [0, 0.1) is 6.92 Å². The van der Waals surface area contributed by atoms with Crippen molar-refractivity contribution < 1.29 is 0 Å². The Morgan fingerprint density at radius 1 is 1.04 bits per heavy atom. The first kappa shape index (κ1) is 16.7. The lowest BCUT2D eigenvalue weighted by atomic mass is 9.99. The third-order valence-electron chi connectivity index (χ3n) is 5.30. The first-order valence-corrected chi connectivity index (χ1v) is 8.53. The van der Waals surface area contributed by atoms with Gasteiger partial charge in [0, 0.05) is 25.8 Å². The Labute approximate surface area is 142 Å². The van der Waals surface area contributed by atoms with Crippen LogP contribution >= 0.6 is 0 Å². The van der Waals surface area contributed by atoms with Gasteiger partial charge in [-0.2, -0.15) is 0 Å². The molecule has 3 rings (SSSR count). The van der Waals surface area contributed by atoms with Crippen molar-refractivity contribution in [1.82, 2.24) is 14.0 Å². The van der Waals surface area contributed by atoms with E-state index in [0.717, 1.165) is 18.7 Å². The molecule has 1 aromatic heterocycles. The van der Waals surface area contributed by atoms with E-state index in [4.69, 9.17) is 0 Å². The smallest absolute Gasteiger partial charge is 0.300 e. The molecule has 1 aromatic carbocycles. The third-order valence-corrected chi connectivity index (χ3v) is 5.30. The summed E-state index contributed by atoms with van der Waals surface area (Å²) in [6, 6.07) is 8.50. The van der Waals surface area contributed by atoms with Crippen molar-refractivity contribution in [2.75, 3.05) is 13.1 Å². The highest BCUT2D eigenvalue weighted by molar-refractivity contribution is 5.65. The lowest BCUT2D eigenvalue weighted by molar-refractivity contribution is 0.263. The minimum absolute atomic E-state index is 0.235. The average molecular weight is 327 g/mol. The quantitative estimate of drug-likeness (QED) is 0.868. The van der Waals surface area contributed by atoms with Crippen molar-refractivity contribution >= 4 is 0 Å². The largest absolute Gasteiger partial charge is 0.330 e. The Hall–Kier alpha value is -2.14. The molecule has 0 aliphatic carbocycles. The molecule has 2 aromatic rings. The molecule has 0 spiro atoms. The summed E-state index contributed by atoms with van der Waals surface area (Å²) in [5, 5.41) is 0. The molecule has 1 aliphatic rings. The van der Waals surface area contributed by atoms with Crippen molar-refractivity contribution in [2.45, 2.75) is 32.7 Å². The maximum atomic E-state index is 12.6. The molecule has 5 nitrogen and oxygen atoms in total. The van der Waals surface area contributed by atoms with Gasteiger partial charge in [-0.15, -0.1) is 0 Å². The number of hydrogen-bond donors (Lipinski definition) is 0. The monoisotopic (exact) mass is 327 g/mol. The summed E-state index contributed by atoms with van der Waals surface area (Å²) >= 11 is 0. The van der Waals surface area contributed by atoms with Crippen LogP contribution in [0.25, 0.3) is 11.1 Å². The van der Waals surface area contributed by atoms with Gasteiger partial charge in [-0.25, -0.2) is 4.79 Å². The first-order valence-electron chi connectivity index (χ1n) is 8.53. The molecule has 24 heavy (non-hydrogen) atoms. The number of hydrogen-bond acceptors (Lipinski definition) is 3. The van der Waals surface area contributed by atoms with E-state index in [1.54, 1.807) is 7.05 Å². The van der Waals surface area contributed by atoms with Gasteiger partial charge in [0.05, 0.1) is 5.56 Å². The Morgan fingerprint density at radius 2 is 1.71 bits per heavy atom. The number of benzene rings is 1. The molecule has 5 heteroatoms. The van der Waals surface area contributed by atoms with Crippen molar-refractivity contribution in [2.24, 2.45) is 14.1 Å². The van der Waals surface area contributed by atoms with E-state index >= 15 is 0 Å². The second-order valence-electron chi connectivity index (χ2n) is 6.71. The van der Waals surface area contributed by atoms with Gasteiger partial charge in [0.1, 0.15) is 0 Å². The number of likely N-dealkylation sites (tertiary alicyclic amines) is 1. The molecule has 0 bridgehead atoms. The van der Waals surface area contributed by atoms with Crippen LogP contribution in [0.5, 0.6) is 0 Å². The van der Waals surface area contributed by atoms with Crippen LogP contribution < -0.4 is 11.2 Å². The summed E-state index contributed by atoms with van der Waals surface area (Å²) in [6.07, 6.45) is 2.51. The van der Waals surface area contributed by atoms with E-state index in [1.807, 2.05) is 19.1 Å². The van der Waals surface area contributed by atoms with Crippen LogP contribution in [-0.2, 0) is 14.1 Å². The summed E-state index contributed by atoms with van der Waals surface area (Å²) in [6.45, 7) is 6.31. The van der Waals surface area contributed by atoms with Crippen LogP contribution in [0.2, 0.25) is 0 Å². The molecule has 0 unspecified atom stereocenters. The molecule has 1 atom stereocenters. The summed E-state index contributed by atoms with van der Waals surface area (Å²) in [7, 11) is 3.24. The molecular formula is C19H25N3O2. The van der Waals surface area contributed by atoms with E-state index in [0.29, 0.717) is 17.3 Å². The molecule has 0 amide bonds. The Balaban J connectivity index is 2.10. The fraction of sp³-hybridized carbons (Fsp3) is 0.474. The van der Waals surface area contributed by atoms with Crippen LogP contribution in [0.4, 0.5) is 0 Å². The van der Waals surface area contributed by atoms with Gasteiger partial charge < -0.3 is 4.57 Å². The lowest BCUT2D eigenvalue weighted by Gasteiger charge is -2.24. The zero-order valence-electron chi connectivity index (χ0n) is 14.9. The summed E-state index contributed by atoms with van der Waals surface area (Å²) in [5.41, 5.74) is 2.88. The van der Waals surface area contributed by atoms with Crippen LogP contribution in [0.3, 0.4) is 0 Å². The van der Waals surface area contributed by atoms with E-state index in [9.17, 15) is 9.59 Å². The molecule has 0 N–H and O–H groups in total. The van der Waals surface area contributed by atoms with Crippen molar-refractivity contribution in [3.8, 4) is 11.1 Å². The minimum atomic E-state index is -0.289. The van der Waals surface area contributed by atoms with Crippen molar-refractivity contribution in [3.63, 3.8) is 0 Å². The van der Waals surface area contributed by atoms with Crippen LogP contribution in [-0.4, -0.2) is 27.1 Å². The lowest BCUT2D eigenvalue weighted by Crippen LogP contribution is -2.39. The summed E-state index contributed by atoms with van der Waals surface area (Å²) in [4.78, 5) is 27.2. The van der Waals surface area contributed by atoms with Gasteiger partial charge in [-0.1, -0.05) is 18.2 Å². The number of aromatic nitrogens is 2. The highest BCUT2D eigenvalue weighted by Crippen LogP contribution is 2.28. The van der Waals surface area contributed by atoms with Gasteiger partial charge in [0.25, 0.3) is 5.56 Å². The highest BCUT2D eigenvalue weighted by atomic mass is 16.2. The maximum Gasteiger partial charge on any atom is 0.330 e. The fourth-order valence-electron chi connectivity index (χ4n) is 3.57. The molecule has 128 valence electrons. The minimum Gasteiger partial charge on any atom is -0.300 e. The van der Waals surface area contributed by atoms with Crippen molar-refractivity contribution in [3.05, 3.63) is 56.4 Å². The van der Waals surface area contributed by atoms with Gasteiger partial charge in [-0.3, -0.25) is 14.3 Å². The highest BCUT2D eigenvalue weighted by Gasteiger charge is 2.20. The molecule has 0 radical (unpaired) electrons. The fourth-order valence-corrected chi connectivity index (χ4v) is 3.57. The number of rotatable bonds is 3. The summed E-state index contributed by atoms with van der Waals surface area (Å²) in [5.74, 6) is 0. The van der Waals surface area contributed by atoms with Gasteiger partial charge in [0.2, 0.25) is 0 Å². The van der Waals surface area contributed by atoms with Crippen LogP contribution in [0.1, 0.15) is 37.1 Å². The van der Waals surface area contributed by atoms with E-state index in [-0.39, 0.29) is 11.2 Å². The standard InChI is InChI=1S/C19H25N3O2/c1-13(22-10-5-6-11-22)15-8-7-9-16(12-15)17-14(2)20(3)19(24)21(4)18(17)23/h7-9,12-13H,5-6,10-11H2,1-4H3/t13-/m1/s1. The SMILES string of the molecule is Cc1c(-c2cccc([C@@H](C)N3CCCC3)c2)c(=O)n(C)c(=O)n1C. The van der Waals surface area contributed by atoms with E-state index in [2.05, 4.69) is 24.0 Å². The molecular weight excluding hydrogens is 302 g/mol. The topological polar surface area (TPSA) is 47.2 Å². The first-order chi connectivity index (χ1) is 11.4. The summed E-state index contributed by atoms with van der Waals surface area (Å²) < 4.78 is 2.71. The van der Waals surface area contributed by atoms with E-state index < -0.39 is 0 Å². The van der Waals surface area contributed by atoms with E-state index in [1.165, 1.54) is 34.6 Å². The molecule has 1 saturated heterocycles. The van der Waals surface area contributed by atoms with Gasteiger partial charge in [-0.05, 0) is 57.0 Å². The average Bonchev–Trinajstić information content (AvgIpc) is 3.12. The zero-order valence-corrected chi connectivity index (χ0v) is 14.9. The van der Waals surface area contributed by atoms with Gasteiger partial charge >= 0.3 is 5.69 Å². The maximum absolute atomic E-state index is 12.6. The molecule has 1 fully saturated rings. The second kappa shape index (κ2) is 6.40. The molecule has 0 saturated carbocycles.